The first-order valence-electron chi connectivity index (χ1n) is 3.84. The van der Waals surface area contributed by atoms with Gasteiger partial charge in [0.1, 0.15) is 0 Å². The average Bonchev–Trinajstić information content (AvgIpc) is 2.00. The first-order chi connectivity index (χ1) is 5.00. The van der Waals surface area contributed by atoms with Crippen LogP contribution >= 0.6 is 0 Å². The Bertz CT molecular complexity index is 134. The van der Waals surface area contributed by atoms with Crippen LogP contribution in [-0.4, -0.2) is 35.7 Å². The number of aliphatic hydroxyl groups is 1. The second kappa shape index (κ2) is 4.36. The van der Waals surface area contributed by atoms with Gasteiger partial charge >= 0.3 is 0 Å². The molecule has 0 amide bonds. The van der Waals surface area contributed by atoms with Crippen molar-refractivity contribution in [2.75, 3.05) is 13.6 Å². The van der Waals surface area contributed by atoms with Crippen LogP contribution in [-0.2, 0) is 0 Å². The van der Waals surface area contributed by atoms with Gasteiger partial charge in [0.05, 0.1) is 12.1 Å². The van der Waals surface area contributed by atoms with Crippen molar-refractivity contribution in [1.82, 2.24) is 4.90 Å². The van der Waals surface area contributed by atoms with E-state index < -0.39 is 6.10 Å². The standard InChI is InChI=1S/C8H18N2O/c1-5-10(4)6(2)8(9)7(3)11/h7-8,11H,2,5,9H2,1,3-4H3/t7-,8-/m1/s1. The van der Waals surface area contributed by atoms with Gasteiger partial charge in [-0.2, -0.15) is 0 Å². The fourth-order valence-electron chi connectivity index (χ4n) is 0.736. The quantitative estimate of drug-likeness (QED) is 0.612. The zero-order chi connectivity index (χ0) is 9.02. The van der Waals surface area contributed by atoms with E-state index in [1.807, 2.05) is 18.9 Å². The summed E-state index contributed by atoms with van der Waals surface area (Å²) in [5.41, 5.74) is 6.43. The zero-order valence-corrected chi connectivity index (χ0v) is 7.54. The van der Waals surface area contributed by atoms with Crippen LogP contribution in [0.5, 0.6) is 0 Å². The van der Waals surface area contributed by atoms with E-state index in [1.165, 1.54) is 0 Å². The third-order valence-corrected chi connectivity index (χ3v) is 1.87. The van der Waals surface area contributed by atoms with Crippen LogP contribution in [0.3, 0.4) is 0 Å². The van der Waals surface area contributed by atoms with E-state index >= 15 is 0 Å². The molecular formula is C8H18N2O. The SMILES string of the molecule is C=C([C@@H](N)[C@@H](C)O)N(C)CC. The summed E-state index contributed by atoms with van der Waals surface area (Å²) in [6, 6.07) is -0.347. The number of nitrogens with zero attached hydrogens (tertiary/aromatic N) is 1. The number of aliphatic hydroxyl groups excluding tert-OH is 1. The van der Waals surface area contributed by atoms with Crippen LogP contribution < -0.4 is 5.73 Å². The van der Waals surface area contributed by atoms with Crippen LogP contribution in [0.4, 0.5) is 0 Å². The van der Waals surface area contributed by atoms with E-state index in [-0.39, 0.29) is 6.04 Å². The molecule has 0 aromatic carbocycles. The molecule has 0 radical (unpaired) electrons. The van der Waals surface area contributed by atoms with Crippen LogP contribution in [0, 0.1) is 0 Å². The summed E-state index contributed by atoms with van der Waals surface area (Å²) >= 11 is 0. The molecule has 0 saturated carbocycles. The van der Waals surface area contributed by atoms with E-state index in [0.717, 1.165) is 12.2 Å². The minimum Gasteiger partial charge on any atom is -0.391 e. The summed E-state index contributed by atoms with van der Waals surface area (Å²) in [6.07, 6.45) is -0.531. The van der Waals surface area contributed by atoms with Crippen molar-refractivity contribution in [2.24, 2.45) is 5.73 Å². The van der Waals surface area contributed by atoms with Crippen molar-refractivity contribution >= 4 is 0 Å². The lowest BCUT2D eigenvalue weighted by atomic mass is 10.1. The van der Waals surface area contributed by atoms with E-state index in [2.05, 4.69) is 6.58 Å². The average molecular weight is 158 g/mol. The number of nitrogens with two attached hydrogens (primary N) is 1. The number of likely N-dealkylation sites (N-methyl/N-ethyl adjacent to an activating group) is 1. The third-order valence-electron chi connectivity index (χ3n) is 1.87. The van der Waals surface area contributed by atoms with Crippen molar-refractivity contribution in [3.63, 3.8) is 0 Å². The molecule has 0 bridgehead atoms. The van der Waals surface area contributed by atoms with E-state index in [0.29, 0.717) is 0 Å². The Balaban J connectivity index is 4.02. The minimum absolute atomic E-state index is 0.347. The van der Waals surface area contributed by atoms with Gasteiger partial charge in [-0.25, -0.2) is 0 Å². The van der Waals surface area contributed by atoms with Gasteiger partial charge in [0, 0.05) is 19.3 Å². The monoisotopic (exact) mass is 158 g/mol. The first-order valence-corrected chi connectivity index (χ1v) is 3.84. The van der Waals surface area contributed by atoms with Gasteiger partial charge in [0.2, 0.25) is 0 Å². The fourth-order valence-corrected chi connectivity index (χ4v) is 0.736. The van der Waals surface area contributed by atoms with E-state index in [9.17, 15) is 0 Å². The van der Waals surface area contributed by atoms with Crippen molar-refractivity contribution < 1.29 is 5.11 Å². The minimum atomic E-state index is -0.531. The summed E-state index contributed by atoms with van der Waals surface area (Å²) < 4.78 is 0. The maximum Gasteiger partial charge on any atom is 0.0718 e. The smallest absolute Gasteiger partial charge is 0.0718 e. The van der Waals surface area contributed by atoms with Crippen LogP contribution in [0.2, 0.25) is 0 Å². The summed E-state index contributed by atoms with van der Waals surface area (Å²) in [6.45, 7) is 8.33. The van der Waals surface area contributed by atoms with Crippen LogP contribution in [0.25, 0.3) is 0 Å². The highest BCUT2D eigenvalue weighted by molar-refractivity contribution is 5.04. The van der Waals surface area contributed by atoms with Gasteiger partial charge in [-0.3, -0.25) is 0 Å². The van der Waals surface area contributed by atoms with Crippen LogP contribution in [0.15, 0.2) is 12.3 Å². The number of hydrogen-bond donors (Lipinski definition) is 2. The van der Waals surface area contributed by atoms with Crippen LogP contribution in [0.1, 0.15) is 13.8 Å². The molecule has 0 saturated heterocycles. The van der Waals surface area contributed by atoms with Gasteiger partial charge in [-0.05, 0) is 13.8 Å². The molecule has 0 unspecified atom stereocenters. The third kappa shape index (κ3) is 2.91. The lowest BCUT2D eigenvalue weighted by Gasteiger charge is -2.26. The molecule has 0 spiro atoms. The van der Waals surface area contributed by atoms with Gasteiger partial charge in [-0.15, -0.1) is 0 Å². The van der Waals surface area contributed by atoms with Gasteiger partial charge < -0.3 is 15.7 Å². The maximum absolute atomic E-state index is 9.12. The molecule has 0 fully saturated rings. The Hall–Kier alpha value is -0.540. The topological polar surface area (TPSA) is 49.5 Å². The highest BCUT2D eigenvalue weighted by Gasteiger charge is 2.14. The summed E-state index contributed by atoms with van der Waals surface area (Å²) in [7, 11) is 1.91. The Labute approximate surface area is 68.5 Å². The lowest BCUT2D eigenvalue weighted by Crippen LogP contribution is -2.39. The molecule has 0 aliphatic carbocycles. The van der Waals surface area contributed by atoms with Crippen molar-refractivity contribution in [3.05, 3.63) is 12.3 Å². The summed E-state index contributed by atoms with van der Waals surface area (Å²) in [4.78, 5) is 1.93. The lowest BCUT2D eigenvalue weighted by molar-refractivity contribution is 0.163. The number of rotatable bonds is 4. The van der Waals surface area contributed by atoms with Crippen molar-refractivity contribution in [1.29, 1.82) is 0 Å². The molecule has 0 aliphatic rings. The molecule has 3 N–H and O–H groups in total. The molecule has 0 aliphatic heterocycles. The molecule has 11 heavy (non-hydrogen) atoms. The van der Waals surface area contributed by atoms with Gasteiger partial charge in [0.25, 0.3) is 0 Å². The first kappa shape index (κ1) is 10.5. The van der Waals surface area contributed by atoms with Crippen molar-refractivity contribution in [3.8, 4) is 0 Å². The Morgan fingerprint density at radius 3 is 2.45 bits per heavy atom. The largest absolute Gasteiger partial charge is 0.391 e. The van der Waals surface area contributed by atoms with E-state index in [1.54, 1.807) is 6.92 Å². The number of hydrogen-bond acceptors (Lipinski definition) is 3. The normalized spacial score (nSPS) is 15.7. The second-order valence-electron chi connectivity index (χ2n) is 2.77. The molecule has 3 heteroatoms. The molecule has 66 valence electrons. The predicted octanol–water partition coefficient (Wildman–Crippen LogP) is 0.160. The molecule has 3 nitrogen and oxygen atoms in total. The Morgan fingerprint density at radius 2 is 2.18 bits per heavy atom. The molecule has 2 atom stereocenters. The predicted molar refractivity (Wildman–Crippen MR) is 47.1 cm³/mol. The molecular weight excluding hydrogens is 140 g/mol. The van der Waals surface area contributed by atoms with Gasteiger partial charge in [-0.1, -0.05) is 6.58 Å². The Kier molecular flexibility index (Phi) is 4.15. The second-order valence-corrected chi connectivity index (χ2v) is 2.77. The summed E-state index contributed by atoms with van der Waals surface area (Å²) in [5.74, 6) is 0. The molecule has 0 aromatic rings. The van der Waals surface area contributed by atoms with Gasteiger partial charge in [0.15, 0.2) is 0 Å². The summed E-state index contributed by atoms with van der Waals surface area (Å²) in [5, 5.41) is 9.12. The van der Waals surface area contributed by atoms with E-state index in [4.69, 9.17) is 10.8 Å². The molecule has 0 aromatic heterocycles. The maximum atomic E-state index is 9.12. The van der Waals surface area contributed by atoms with Crippen molar-refractivity contribution in [2.45, 2.75) is 26.0 Å². The Morgan fingerprint density at radius 1 is 1.73 bits per heavy atom. The fraction of sp³-hybridized carbons (Fsp3) is 0.750. The molecule has 0 heterocycles. The highest BCUT2D eigenvalue weighted by Crippen LogP contribution is 2.05. The molecule has 0 rings (SSSR count). The highest BCUT2D eigenvalue weighted by atomic mass is 16.3. The zero-order valence-electron chi connectivity index (χ0n) is 7.54.